The Hall–Kier alpha value is -3.34. The van der Waals surface area contributed by atoms with Crippen LogP contribution in [0.1, 0.15) is 58.3 Å². The average molecular weight is 613 g/mol. The first-order valence-electron chi connectivity index (χ1n) is 14.5. The summed E-state index contributed by atoms with van der Waals surface area (Å²) in [5, 5.41) is 0. The molecule has 0 atom stereocenters. The Morgan fingerprint density at radius 1 is 0.907 bits per heavy atom. The number of nitrogens with zero attached hydrogens (tertiary/aromatic N) is 2. The summed E-state index contributed by atoms with van der Waals surface area (Å²) in [6.07, 6.45) is -1.12. The third-order valence-electron chi connectivity index (χ3n) is 8.89. The van der Waals surface area contributed by atoms with Crippen molar-refractivity contribution in [2.45, 2.75) is 49.7 Å². The SMILES string of the molecule is O=C(CC1CCN(S(=O)(=O)c2ccc(F)cc2)CC1)c1ccc2c(c1)C1=C(CCN(Cc3ccc(C(F)(F)F)cc3)C1)C2. The van der Waals surface area contributed by atoms with Gasteiger partial charge in [-0.1, -0.05) is 29.8 Å². The van der Waals surface area contributed by atoms with E-state index in [1.807, 2.05) is 18.2 Å². The molecule has 0 N–H and O–H groups in total. The first-order valence-corrected chi connectivity index (χ1v) is 15.9. The van der Waals surface area contributed by atoms with Gasteiger partial charge in [-0.2, -0.15) is 17.5 Å². The molecule has 1 saturated heterocycles. The molecule has 6 rings (SSSR count). The highest BCUT2D eigenvalue weighted by Crippen LogP contribution is 2.39. The van der Waals surface area contributed by atoms with Crippen LogP contribution in [-0.4, -0.2) is 49.6 Å². The number of rotatable bonds is 7. The van der Waals surface area contributed by atoms with E-state index < -0.39 is 27.6 Å². The molecule has 3 aliphatic rings. The number of alkyl halides is 3. The van der Waals surface area contributed by atoms with E-state index in [2.05, 4.69) is 4.90 Å². The number of carbonyl (C=O) groups is 1. The molecule has 0 unspecified atom stereocenters. The topological polar surface area (TPSA) is 57.7 Å². The third-order valence-corrected chi connectivity index (χ3v) is 10.8. The molecule has 10 heteroatoms. The van der Waals surface area contributed by atoms with Gasteiger partial charge in [0.2, 0.25) is 10.0 Å². The smallest absolute Gasteiger partial charge is 0.294 e. The summed E-state index contributed by atoms with van der Waals surface area (Å²) in [5.74, 6) is -0.382. The number of fused-ring (bicyclic) bond motifs is 2. The van der Waals surface area contributed by atoms with Crippen LogP contribution < -0.4 is 0 Å². The lowest BCUT2D eigenvalue weighted by molar-refractivity contribution is -0.137. The minimum atomic E-state index is -4.35. The van der Waals surface area contributed by atoms with E-state index in [0.717, 1.165) is 54.8 Å². The Labute approximate surface area is 248 Å². The van der Waals surface area contributed by atoms with Gasteiger partial charge >= 0.3 is 6.18 Å². The van der Waals surface area contributed by atoms with E-state index in [-0.39, 0.29) is 16.6 Å². The maximum atomic E-state index is 13.3. The van der Waals surface area contributed by atoms with E-state index in [9.17, 15) is 30.8 Å². The zero-order valence-corrected chi connectivity index (χ0v) is 24.4. The van der Waals surface area contributed by atoms with Gasteiger partial charge in [-0.25, -0.2) is 12.8 Å². The van der Waals surface area contributed by atoms with Crippen molar-refractivity contribution in [3.63, 3.8) is 0 Å². The molecule has 3 aromatic carbocycles. The summed E-state index contributed by atoms with van der Waals surface area (Å²) >= 11 is 0. The highest BCUT2D eigenvalue weighted by molar-refractivity contribution is 7.89. The van der Waals surface area contributed by atoms with Gasteiger partial charge in [0.25, 0.3) is 0 Å². The molecule has 1 aliphatic carbocycles. The molecular weight excluding hydrogens is 580 g/mol. The Morgan fingerprint density at radius 2 is 1.60 bits per heavy atom. The maximum absolute atomic E-state index is 13.3. The molecule has 2 heterocycles. The number of hydrogen-bond donors (Lipinski definition) is 0. The van der Waals surface area contributed by atoms with Crippen LogP contribution in [0.5, 0.6) is 0 Å². The molecule has 0 radical (unpaired) electrons. The molecule has 0 amide bonds. The van der Waals surface area contributed by atoms with Gasteiger partial charge < -0.3 is 0 Å². The molecule has 1 fully saturated rings. The lowest BCUT2D eigenvalue weighted by Crippen LogP contribution is -2.38. The van der Waals surface area contributed by atoms with Gasteiger partial charge in [0.05, 0.1) is 10.5 Å². The van der Waals surface area contributed by atoms with Crippen LogP contribution in [0.4, 0.5) is 17.6 Å². The Balaban J connectivity index is 1.07. The van der Waals surface area contributed by atoms with E-state index in [4.69, 9.17) is 0 Å². The number of ketones is 1. The van der Waals surface area contributed by atoms with Gasteiger partial charge in [-0.3, -0.25) is 9.69 Å². The minimum Gasteiger partial charge on any atom is -0.294 e. The summed E-state index contributed by atoms with van der Waals surface area (Å²) in [5.41, 5.74) is 5.67. The third kappa shape index (κ3) is 6.32. The molecule has 0 spiro atoms. The normalized spacial score (nSPS) is 18.5. The first-order chi connectivity index (χ1) is 20.5. The summed E-state index contributed by atoms with van der Waals surface area (Å²) in [6, 6.07) is 16.0. The summed E-state index contributed by atoms with van der Waals surface area (Å²) in [4.78, 5) is 15.6. The molecular formula is C33H32F4N2O3S. The van der Waals surface area contributed by atoms with Crippen molar-refractivity contribution in [1.82, 2.24) is 9.21 Å². The maximum Gasteiger partial charge on any atom is 0.416 e. The van der Waals surface area contributed by atoms with E-state index in [0.29, 0.717) is 51.0 Å². The molecule has 5 nitrogen and oxygen atoms in total. The van der Waals surface area contributed by atoms with E-state index in [1.165, 1.54) is 45.3 Å². The quantitative estimate of drug-likeness (QED) is 0.219. The second kappa shape index (κ2) is 11.6. The molecule has 43 heavy (non-hydrogen) atoms. The molecule has 2 aliphatic heterocycles. The van der Waals surface area contributed by atoms with E-state index in [1.54, 1.807) is 0 Å². The highest BCUT2D eigenvalue weighted by atomic mass is 32.2. The van der Waals surface area contributed by atoms with Crippen molar-refractivity contribution in [3.05, 3.63) is 106 Å². The number of piperidine rings is 1. The van der Waals surface area contributed by atoms with Crippen molar-refractivity contribution >= 4 is 21.4 Å². The van der Waals surface area contributed by atoms with Gasteiger partial charge in [-0.05, 0) is 96.3 Å². The van der Waals surface area contributed by atoms with Crippen molar-refractivity contribution in [1.29, 1.82) is 0 Å². The fourth-order valence-corrected chi connectivity index (χ4v) is 7.90. The summed E-state index contributed by atoms with van der Waals surface area (Å²) < 4.78 is 79.3. The standard InChI is InChI=1S/C33H32F4N2O3S/c34-28-7-9-29(10-8-28)43(41,42)39-15-11-22(12-16-39)17-32(40)26-4-3-24-18-25-13-14-38(21-31(25)30(24)19-26)20-23-1-5-27(6-2-23)33(35,36)37/h1-10,19,22H,11-18,20-21H2. The molecule has 226 valence electrons. The fraction of sp³-hybridized carbons (Fsp3) is 0.364. The lowest BCUT2D eigenvalue weighted by Gasteiger charge is -2.31. The molecule has 0 aromatic heterocycles. The average Bonchev–Trinajstić information content (AvgIpc) is 3.35. The van der Waals surface area contributed by atoms with Crippen LogP contribution in [0.25, 0.3) is 5.57 Å². The largest absolute Gasteiger partial charge is 0.416 e. The number of carbonyl (C=O) groups excluding carboxylic acids is 1. The minimum absolute atomic E-state index is 0.0362. The number of sulfonamides is 1. The van der Waals surface area contributed by atoms with Crippen molar-refractivity contribution in [2.24, 2.45) is 5.92 Å². The van der Waals surface area contributed by atoms with Crippen LogP contribution in [0.3, 0.4) is 0 Å². The Bertz CT molecular complexity index is 1660. The van der Waals surface area contributed by atoms with Crippen LogP contribution in [0.15, 0.2) is 77.2 Å². The Morgan fingerprint density at radius 3 is 2.28 bits per heavy atom. The van der Waals surface area contributed by atoms with Crippen molar-refractivity contribution < 1.29 is 30.8 Å². The van der Waals surface area contributed by atoms with Crippen molar-refractivity contribution in [2.75, 3.05) is 26.2 Å². The highest BCUT2D eigenvalue weighted by Gasteiger charge is 2.32. The number of benzene rings is 3. The van der Waals surface area contributed by atoms with Gasteiger partial charge in [0.1, 0.15) is 5.82 Å². The predicted octanol–water partition coefficient (Wildman–Crippen LogP) is 6.73. The zero-order chi connectivity index (χ0) is 30.4. The number of Topliss-reactive ketones (excluding diaryl/α,β-unsaturated/α-hetero) is 1. The first kappa shape index (κ1) is 29.7. The van der Waals surface area contributed by atoms with Crippen molar-refractivity contribution in [3.8, 4) is 0 Å². The van der Waals surface area contributed by atoms with Crippen LogP contribution >= 0.6 is 0 Å². The monoisotopic (exact) mass is 612 g/mol. The Kier molecular flexibility index (Phi) is 8.04. The van der Waals surface area contributed by atoms with Crippen LogP contribution in [0, 0.1) is 11.7 Å². The van der Waals surface area contributed by atoms with E-state index >= 15 is 0 Å². The molecule has 0 saturated carbocycles. The second-order valence-electron chi connectivity index (χ2n) is 11.7. The molecule has 0 bridgehead atoms. The van der Waals surface area contributed by atoms with Gasteiger partial charge in [0, 0.05) is 44.7 Å². The second-order valence-corrected chi connectivity index (χ2v) is 13.7. The van der Waals surface area contributed by atoms with Crippen LogP contribution in [0.2, 0.25) is 0 Å². The molecule has 3 aromatic rings. The summed E-state index contributed by atoms with van der Waals surface area (Å²) in [6.45, 7) is 2.69. The number of halogens is 4. The predicted molar refractivity (Wildman–Crippen MR) is 155 cm³/mol. The van der Waals surface area contributed by atoms with Gasteiger partial charge in [0.15, 0.2) is 5.78 Å². The fourth-order valence-electron chi connectivity index (χ4n) is 6.43. The zero-order valence-electron chi connectivity index (χ0n) is 23.5. The van der Waals surface area contributed by atoms with Gasteiger partial charge in [-0.15, -0.1) is 0 Å². The lowest BCUT2D eigenvalue weighted by atomic mass is 9.89. The summed E-state index contributed by atoms with van der Waals surface area (Å²) in [7, 11) is -3.71. The van der Waals surface area contributed by atoms with Crippen LogP contribution in [-0.2, 0) is 29.2 Å². The number of hydrogen-bond acceptors (Lipinski definition) is 4.